The number of carbonyl (C=O) groups excluding carboxylic acids is 1. The van der Waals surface area contributed by atoms with Gasteiger partial charge in [-0.1, -0.05) is 12.1 Å². The standard InChI is InChI=1S/C12H10N2O3/c1-6-11(15)13-8-4-2-3-7-5-9(12(16)17)14(6)10(7)8/h2-6H,1H3,(H,13,15)(H,16,17). The summed E-state index contributed by atoms with van der Waals surface area (Å²) in [6, 6.07) is 6.50. The van der Waals surface area contributed by atoms with Crippen molar-refractivity contribution < 1.29 is 14.7 Å². The second-order valence-electron chi connectivity index (χ2n) is 4.11. The summed E-state index contributed by atoms with van der Waals surface area (Å²) in [5, 5.41) is 12.8. The fourth-order valence-electron chi connectivity index (χ4n) is 2.31. The van der Waals surface area contributed by atoms with Gasteiger partial charge in [0, 0.05) is 5.39 Å². The zero-order valence-corrected chi connectivity index (χ0v) is 9.10. The van der Waals surface area contributed by atoms with E-state index in [0.717, 1.165) is 10.9 Å². The van der Waals surface area contributed by atoms with Crippen LogP contribution >= 0.6 is 0 Å². The molecule has 86 valence electrons. The van der Waals surface area contributed by atoms with Crippen molar-refractivity contribution in [2.24, 2.45) is 0 Å². The summed E-state index contributed by atoms with van der Waals surface area (Å²) in [4.78, 5) is 22.9. The van der Waals surface area contributed by atoms with Gasteiger partial charge in [-0.05, 0) is 19.1 Å². The molecule has 1 atom stereocenters. The van der Waals surface area contributed by atoms with Crippen molar-refractivity contribution in [1.82, 2.24) is 4.57 Å². The lowest BCUT2D eigenvalue weighted by Crippen LogP contribution is -2.29. The number of anilines is 1. The smallest absolute Gasteiger partial charge is 0.352 e. The van der Waals surface area contributed by atoms with Crippen molar-refractivity contribution >= 4 is 28.5 Å². The summed E-state index contributed by atoms with van der Waals surface area (Å²) in [6.07, 6.45) is 0. The number of carboxylic acids is 1. The molecule has 0 bridgehead atoms. The average Bonchev–Trinajstić information content (AvgIpc) is 2.67. The number of aromatic carboxylic acids is 1. The Balaban J connectivity index is 2.46. The number of nitrogens with zero attached hydrogens (tertiary/aromatic N) is 1. The third-order valence-electron chi connectivity index (χ3n) is 3.10. The van der Waals surface area contributed by atoms with E-state index >= 15 is 0 Å². The number of aromatic nitrogens is 1. The van der Waals surface area contributed by atoms with Crippen molar-refractivity contribution in [1.29, 1.82) is 0 Å². The van der Waals surface area contributed by atoms with Crippen molar-refractivity contribution in [2.45, 2.75) is 13.0 Å². The first-order valence-corrected chi connectivity index (χ1v) is 5.27. The molecule has 0 fully saturated rings. The molecule has 2 aromatic rings. The van der Waals surface area contributed by atoms with E-state index in [2.05, 4.69) is 5.32 Å². The van der Waals surface area contributed by atoms with E-state index in [0.29, 0.717) is 5.69 Å². The second kappa shape index (κ2) is 3.10. The summed E-state index contributed by atoms with van der Waals surface area (Å²) in [6.45, 7) is 1.69. The summed E-state index contributed by atoms with van der Waals surface area (Å²) in [5.41, 5.74) is 1.59. The van der Waals surface area contributed by atoms with Crippen molar-refractivity contribution in [3.63, 3.8) is 0 Å². The van der Waals surface area contributed by atoms with E-state index in [-0.39, 0.29) is 11.6 Å². The minimum Gasteiger partial charge on any atom is -0.477 e. The van der Waals surface area contributed by atoms with Crippen LogP contribution < -0.4 is 5.32 Å². The lowest BCUT2D eigenvalue weighted by atomic mass is 10.1. The molecule has 17 heavy (non-hydrogen) atoms. The largest absolute Gasteiger partial charge is 0.477 e. The zero-order valence-electron chi connectivity index (χ0n) is 9.10. The first-order valence-electron chi connectivity index (χ1n) is 5.27. The number of carboxylic acid groups (broad SMARTS) is 1. The maximum absolute atomic E-state index is 11.7. The molecule has 1 aromatic carbocycles. The number of hydrogen-bond acceptors (Lipinski definition) is 2. The summed E-state index contributed by atoms with van der Waals surface area (Å²) in [7, 11) is 0. The molecule has 0 aliphatic carbocycles. The highest BCUT2D eigenvalue weighted by molar-refractivity contribution is 6.09. The molecule has 1 aromatic heterocycles. The van der Waals surface area contributed by atoms with Crippen LogP contribution in [-0.4, -0.2) is 21.6 Å². The van der Waals surface area contributed by atoms with Gasteiger partial charge in [0.1, 0.15) is 11.7 Å². The number of benzene rings is 1. The van der Waals surface area contributed by atoms with E-state index in [1.54, 1.807) is 29.7 Å². The lowest BCUT2D eigenvalue weighted by molar-refractivity contribution is -0.118. The Morgan fingerprint density at radius 2 is 2.24 bits per heavy atom. The predicted octanol–water partition coefficient (Wildman–Crippen LogP) is 1.85. The van der Waals surface area contributed by atoms with E-state index in [9.17, 15) is 9.59 Å². The topological polar surface area (TPSA) is 71.3 Å². The Labute approximate surface area is 96.7 Å². The average molecular weight is 230 g/mol. The molecule has 0 saturated carbocycles. The highest BCUT2D eigenvalue weighted by Crippen LogP contribution is 2.34. The third-order valence-corrected chi connectivity index (χ3v) is 3.10. The van der Waals surface area contributed by atoms with Crippen LogP contribution in [0, 0.1) is 0 Å². The first-order chi connectivity index (χ1) is 8.09. The molecule has 3 rings (SSSR count). The quantitative estimate of drug-likeness (QED) is 0.785. The molecule has 0 radical (unpaired) electrons. The van der Waals surface area contributed by atoms with E-state index in [1.165, 1.54) is 0 Å². The van der Waals surface area contributed by atoms with Gasteiger partial charge in [0.15, 0.2) is 0 Å². The maximum atomic E-state index is 11.7. The van der Waals surface area contributed by atoms with Gasteiger partial charge in [-0.3, -0.25) is 4.79 Å². The Morgan fingerprint density at radius 1 is 1.47 bits per heavy atom. The molecular weight excluding hydrogens is 220 g/mol. The first kappa shape index (κ1) is 9.89. The van der Waals surface area contributed by atoms with E-state index < -0.39 is 12.0 Å². The van der Waals surface area contributed by atoms with Crippen LogP contribution in [0.25, 0.3) is 10.9 Å². The highest BCUT2D eigenvalue weighted by atomic mass is 16.4. The van der Waals surface area contributed by atoms with Crippen LogP contribution in [-0.2, 0) is 4.79 Å². The normalized spacial score (nSPS) is 18.2. The molecule has 5 heteroatoms. The van der Waals surface area contributed by atoms with Crippen molar-refractivity contribution in [2.75, 3.05) is 5.32 Å². The van der Waals surface area contributed by atoms with Gasteiger partial charge in [-0.25, -0.2) is 4.79 Å². The van der Waals surface area contributed by atoms with Gasteiger partial charge in [-0.2, -0.15) is 0 Å². The van der Waals surface area contributed by atoms with Crippen LogP contribution in [0.4, 0.5) is 5.69 Å². The fraction of sp³-hybridized carbons (Fsp3) is 0.167. The van der Waals surface area contributed by atoms with Crippen LogP contribution in [0.3, 0.4) is 0 Å². The molecule has 1 unspecified atom stereocenters. The minimum absolute atomic E-state index is 0.148. The number of carbonyl (C=O) groups is 2. The minimum atomic E-state index is -1.02. The van der Waals surface area contributed by atoms with Crippen LogP contribution in [0.5, 0.6) is 0 Å². The Hall–Kier alpha value is -2.30. The van der Waals surface area contributed by atoms with Crippen molar-refractivity contribution in [3.05, 3.63) is 30.0 Å². The monoisotopic (exact) mass is 230 g/mol. The number of amides is 1. The van der Waals surface area contributed by atoms with E-state index in [1.807, 2.05) is 6.07 Å². The Kier molecular flexibility index (Phi) is 1.80. The molecule has 1 aliphatic rings. The maximum Gasteiger partial charge on any atom is 0.352 e. The molecular formula is C12H10N2O3. The van der Waals surface area contributed by atoms with Gasteiger partial charge < -0.3 is 15.0 Å². The molecule has 5 nitrogen and oxygen atoms in total. The number of para-hydroxylation sites is 1. The summed E-state index contributed by atoms with van der Waals surface area (Å²) in [5.74, 6) is -1.21. The fourth-order valence-corrected chi connectivity index (χ4v) is 2.31. The molecule has 1 aliphatic heterocycles. The zero-order chi connectivity index (χ0) is 12.2. The van der Waals surface area contributed by atoms with Crippen LogP contribution in [0.1, 0.15) is 23.5 Å². The Bertz CT molecular complexity index is 657. The van der Waals surface area contributed by atoms with Crippen LogP contribution in [0.2, 0.25) is 0 Å². The summed E-state index contributed by atoms with van der Waals surface area (Å²) >= 11 is 0. The predicted molar refractivity (Wildman–Crippen MR) is 62.2 cm³/mol. The molecule has 2 heterocycles. The Morgan fingerprint density at radius 3 is 2.94 bits per heavy atom. The van der Waals surface area contributed by atoms with Gasteiger partial charge in [0.25, 0.3) is 0 Å². The highest BCUT2D eigenvalue weighted by Gasteiger charge is 2.29. The number of nitrogens with one attached hydrogen (secondary N) is 1. The molecule has 2 N–H and O–H groups in total. The van der Waals surface area contributed by atoms with E-state index in [4.69, 9.17) is 5.11 Å². The van der Waals surface area contributed by atoms with Crippen LogP contribution in [0.15, 0.2) is 24.3 Å². The lowest BCUT2D eigenvalue weighted by Gasteiger charge is -2.23. The third kappa shape index (κ3) is 1.19. The van der Waals surface area contributed by atoms with Gasteiger partial charge >= 0.3 is 5.97 Å². The number of hydrogen-bond donors (Lipinski definition) is 2. The van der Waals surface area contributed by atoms with Gasteiger partial charge in [0.2, 0.25) is 5.91 Å². The second-order valence-corrected chi connectivity index (χ2v) is 4.11. The van der Waals surface area contributed by atoms with Gasteiger partial charge in [0.05, 0.1) is 11.2 Å². The van der Waals surface area contributed by atoms with Gasteiger partial charge in [-0.15, -0.1) is 0 Å². The number of rotatable bonds is 1. The molecule has 1 amide bonds. The SMILES string of the molecule is CC1C(=O)Nc2cccc3cc(C(=O)O)n1c23. The van der Waals surface area contributed by atoms with Crippen molar-refractivity contribution in [3.8, 4) is 0 Å². The molecule has 0 saturated heterocycles. The summed E-state index contributed by atoms with van der Waals surface area (Å²) < 4.78 is 1.58. The molecule has 0 spiro atoms.